The molecule has 1 aliphatic rings. The number of carbonyl (C=O) groups excluding carboxylic acids is 2. The Bertz CT molecular complexity index is 1010. The molecule has 0 saturated heterocycles. The van der Waals surface area contributed by atoms with Crippen molar-refractivity contribution in [1.29, 1.82) is 0 Å². The molecule has 0 spiro atoms. The van der Waals surface area contributed by atoms with E-state index in [1.807, 2.05) is 43.3 Å². The zero-order valence-electron chi connectivity index (χ0n) is 14.4. The molecule has 1 N–H and O–H groups in total. The number of carbonyl (C=O) groups is 2. The van der Waals surface area contributed by atoms with Gasteiger partial charge in [0.05, 0.1) is 22.7 Å². The molecule has 0 atom stereocenters. The monoisotopic (exact) mass is 366 g/mol. The van der Waals surface area contributed by atoms with Crippen molar-refractivity contribution >= 4 is 38.9 Å². The number of thiazole rings is 1. The Morgan fingerprint density at radius 2 is 2.08 bits per heavy atom. The van der Waals surface area contributed by atoms with Gasteiger partial charge in [-0.2, -0.15) is 0 Å². The average Bonchev–Trinajstić information content (AvgIpc) is 3.05. The lowest BCUT2D eigenvalue weighted by molar-refractivity contribution is 0.0975. The standard InChI is InChI=1S/C20H18N2O3S/c1-2-25-16-11-10-12-6-3-4-7-13(12)17(16)19(24)22-20-21-14-8-5-9-15(23)18(14)26-20/h3-4,6-7,10-11H,2,5,8-9H2,1H3,(H,21,22,24). The summed E-state index contributed by atoms with van der Waals surface area (Å²) in [5, 5.41) is 5.12. The van der Waals surface area contributed by atoms with Gasteiger partial charge in [-0.15, -0.1) is 0 Å². The predicted octanol–water partition coefficient (Wildman–Crippen LogP) is 4.47. The summed E-state index contributed by atoms with van der Waals surface area (Å²) in [5.74, 6) is 0.384. The summed E-state index contributed by atoms with van der Waals surface area (Å²) in [7, 11) is 0. The number of rotatable bonds is 4. The van der Waals surface area contributed by atoms with Gasteiger partial charge in [-0.25, -0.2) is 4.98 Å². The number of nitrogens with zero attached hydrogens (tertiary/aromatic N) is 1. The Kier molecular flexibility index (Phi) is 4.42. The SMILES string of the molecule is CCOc1ccc2ccccc2c1C(=O)Nc1nc2c(s1)C(=O)CCC2. The topological polar surface area (TPSA) is 68.3 Å². The lowest BCUT2D eigenvalue weighted by atomic mass is 10.0. The summed E-state index contributed by atoms with van der Waals surface area (Å²) >= 11 is 1.26. The van der Waals surface area contributed by atoms with Crippen molar-refractivity contribution in [3.05, 3.63) is 52.5 Å². The zero-order valence-corrected chi connectivity index (χ0v) is 15.2. The van der Waals surface area contributed by atoms with Crippen molar-refractivity contribution in [2.45, 2.75) is 26.2 Å². The van der Waals surface area contributed by atoms with Gasteiger partial charge in [0, 0.05) is 6.42 Å². The fourth-order valence-electron chi connectivity index (χ4n) is 3.24. The van der Waals surface area contributed by atoms with Gasteiger partial charge in [0.15, 0.2) is 10.9 Å². The van der Waals surface area contributed by atoms with Crippen LogP contribution in [0.5, 0.6) is 5.75 Å². The smallest absolute Gasteiger partial charge is 0.261 e. The Hall–Kier alpha value is -2.73. The van der Waals surface area contributed by atoms with Crippen molar-refractivity contribution in [1.82, 2.24) is 4.98 Å². The van der Waals surface area contributed by atoms with Gasteiger partial charge < -0.3 is 4.74 Å². The molecule has 3 aromatic rings. The predicted molar refractivity (Wildman–Crippen MR) is 102 cm³/mol. The van der Waals surface area contributed by atoms with E-state index < -0.39 is 0 Å². The molecule has 4 rings (SSSR count). The van der Waals surface area contributed by atoms with Crippen LogP contribution >= 0.6 is 11.3 Å². The number of benzene rings is 2. The number of aryl methyl sites for hydroxylation is 1. The number of aromatic nitrogens is 1. The van der Waals surface area contributed by atoms with Crippen LogP contribution in [0.1, 0.15) is 45.5 Å². The maximum atomic E-state index is 13.0. The average molecular weight is 366 g/mol. The van der Waals surface area contributed by atoms with E-state index in [2.05, 4.69) is 10.3 Å². The van der Waals surface area contributed by atoms with E-state index in [4.69, 9.17) is 4.74 Å². The molecule has 0 unspecified atom stereocenters. The van der Waals surface area contributed by atoms with Crippen LogP contribution < -0.4 is 10.1 Å². The third kappa shape index (κ3) is 2.97. The molecule has 0 fully saturated rings. The van der Waals surface area contributed by atoms with Gasteiger partial charge >= 0.3 is 0 Å². The van der Waals surface area contributed by atoms with Crippen LogP contribution in [0.3, 0.4) is 0 Å². The highest BCUT2D eigenvalue weighted by molar-refractivity contribution is 7.17. The van der Waals surface area contributed by atoms with Crippen molar-refractivity contribution < 1.29 is 14.3 Å². The van der Waals surface area contributed by atoms with Crippen molar-refractivity contribution in [2.75, 3.05) is 11.9 Å². The van der Waals surface area contributed by atoms with Crippen molar-refractivity contribution in [2.24, 2.45) is 0 Å². The molecular weight excluding hydrogens is 348 g/mol. The lowest BCUT2D eigenvalue weighted by Gasteiger charge is -2.12. The first-order chi connectivity index (χ1) is 12.7. The van der Waals surface area contributed by atoms with E-state index in [-0.39, 0.29) is 11.7 Å². The number of fused-ring (bicyclic) bond motifs is 2. The second-order valence-corrected chi connectivity index (χ2v) is 7.12. The number of ketones is 1. The fraction of sp³-hybridized carbons (Fsp3) is 0.250. The Labute approximate surface area is 155 Å². The third-order valence-corrected chi connectivity index (χ3v) is 5.46. The minimum atomic E-state index is -0.274. The largest absolute Gasteiger partial charge is 0.493 e. The van der Waals surface area contributed by atoms with Crippen LogP contribution in [0.2, 0.25) is 0 Å². The molecule has 1 heterocycles. The van der Waals surface area contributed by atoms with E-state index >= 15 is 0 Å². The number of Topliss-reactive ketones (excluding diaryl/α,β-unsaturated/α-hetero) is 1. The summed E-state index contributed by atoms with van der Waals surface area (Å²) in [6, 6.07) is 11.5. The van der Waals surface area contributed by atoms with E-state index in [1.165, 1.54) is 11.3 Å². The van der Waals surface area contributed by atoms with Gasteiger partial charge in [-0.1, -0.05) is 41.7 Å². The van der Waals surface area contributed by atoms with Crippen LogP contribution in [0.15, 0.2) is 36.4 Å². The summed E-state index contributed by atoms with van der Waals surface area (Å²) in [5.41, 5.74) is 1.29. The van der Waals surface area contributed by atoms with E-state index in [0.717, 1.165) is 29.3 Å². The van der Waals surface area contributed by atoms with Gasteiger partial charge in [0.25, 0.3) is 5.91 Å². The minimum absolute atomic E-state index is 0.115. The molecule has 0 radical (unpaired) electrons. The first-order valence-electron chi connectivity index (χ1n) is 8.66. The summed E-state index contributed by atoms with van der Waals surface area (Å²) in [6.07, 6.45) is 2.16. The molecular formula is C20H18N2O3S. The number of anilines is 1. The third-order valence-electron chi connectivity index (χ3n) is 4.41. The second kappa shape index (κ2) is 6.88. The van der Waals surface area contributed by atoms with Gasteiger partial charge in [-0.3, -0.25) is 14.9 Å². The first kappa shape index (κ1) is 16.7. The van der Waals surface area contributed by atoms with Gasteiger partial charge in [0.2, 0.25) is 0 Å². The van der Waals surface area contributed by atoms with Crippen LogP contribution in [0, 0.1) is 0 Å². The van der Waals surface area contributed by atoms with Crippen molar-refractivity contribution in [3.63, 3.8) is 0 Å². The summed E-state index contributed by atoms with van der Waals surface area (Å²) < 4.78 is 5.67. The van der Waals surface area contributed by atoms with Gasteiger partial charge in [-0.05, 0) is 36.6 Å². The highest BCUT2D eigenvalue weighted by Crippen LogP contribution is 2.32. The maximum absolute atomic E-state index is 13.0. The quantitative estimate of drug-likeness (QED) is 0.740. The van der Waals surface area contributed by atoms with E-state index in [9.17, 15) is 9.59 Å². The summed E-state index contributed by atoms with van der Waals surface area (Å²) in [6.45, 7) is 2.36. The number of amides is 1. The van der Waals surface area contributed by atoms with E-state index in [1.54, 1.807) is 0 Å². The molecule has 132 valence electrons. The molecule has 1 amide bonds. The molecule has 0 aliphatic heterocycles. The highest BCUT2D eigenvalue weighted by atomic mass is 32.1. The Morgan fingerprint density at radius 1 is 1.23 bits per heavy atom. The van der Waals surface area contributed by atoms with Crippen molar-refractivity contribution in [3.8, 4) is 5.75 Å². The molecule has 5 nitrogen and oxygen atoms in total. The Morgan fingerprint density at radius 3 is 2.88 bits per heavy atom. The van der Waals surface area contributed by atoms with Crippen LogP contribution in [-0.4, -0.2) is 23.3 Å². The molecule has 1 aromatic heterocycles. The summed E-state index contributed by atoms with van der Waals surface area (Å²) in [4.78, 5) is 30.1. The minimum Gasteiger partial charge on any atom is -0.493 e. The Balaban J connectivity index is 1.72. The lowest BCUT2D eigenvalue weighted by Crippen LogP contribution is -2.14. The van der Waals surface area contributed by atoms with Crippen LogP contribution in [-0.2, 0) is 6.42 Å². The number of ether oxygens (including phenoxy) is 1. The molecule has 1 aliphatic carbocycles. The number of hydrogen-bond acceptors (Lipinski definition) is 5. The number of nitrogens with one attached hydrogen (secondary N) is 1. The molecule has 6 heteroatoms. The highest BCUT2D eigenvalue weighted by Gasteiger charge is 2.24. The van der Waals surface area contributed by atoms with E-state index in [0.29, 0.717) is 34.3 Å². The molecule has 0 saturated carbocycles. The molecule has 2 aromatic carbocycles. The molecule has 0 bridgehead atoms. The first-order valence-corrected chi connectivity index (χ1v) is 9.48. The normalized spacial score (nSPS) is 13.5. The maximum Gasteiger partial charge on any atom is 0.261 e. The number of hydrogen-bond donors (Lipinski definition) is 1. The van der Waals surface area contributed by atoms with Gasteiger partial charge in [0.1, 0.15) is 5.75 Å². The van der Waals surface area contributed by atoms with Crippen LogP contribution in [0.4, 0.5) is 5.13 Å². The zero-order chi connectivity index (χ0) is 18.1. The second-order valence-electron chi connectivity index (χ2n) is 6.12. The molecule has 26 heavy (non-hydrogen) atoms. The fourth-order valence-corrected chi connectivity index (χ4v) is 4.22. The van der Waals surface area contributed by atoms with Crippen LogP contribution in [0.25, 0.3) is 10.8 Å².